The summed E-state index contributed by atoms with van der Waals surface area (Å²) in [6.45, 7) is 7.02. The van der Waals surface area contributed by atoms with E-state index in [1.807, 2.05) is 41.9 Å². The average molecular weight is 409 g/mol. The molecule has 1 aliphatic carbocycles. The second kappa shape index (κ2) is 8.92. The summed E-state index contributed by atoms with van der Waals surface area (Å²) < 4.78 is 7.52. The van der Waals surface area contributed by atoms with E-state index in [1.54, 1.807) is 6.20 Å². The maximum absolute atomic E-state index is 6.10. The predicted octanol–water partition coefficient (Wildman–Crippen LogP) is 4.68. The molecule has 0 aliphatic heterocycles. The molecule has 0 spiro atoms. The number of ether oxygens (including phenoxy) is 1. The monoisotopic (exact) mass is 408 g/mol. The summed E-state index contributed by atoms with van der Waals surface area (Å²) in [4.78, 5) is 4.58. The van der Waals surface area contributed by atoms with Crippen LogP contribution >= 0.6 is 0 Å². The van der Waals surface area contributed by atoms with Crippen LogP contribution in [0.1, 0.15) is 57.9 Å². The Labute approximate surface area is 178 Å². The molecule has 0 amide bonds. The van der Waals surface area contributed by atoms with E-state index < -0.39 is 0 Å². The van der Waals surface area contributed by atoms with E-state index in [0.717, 1.165) is 59.8 Å². The number of hydrogen-bond donors (Lipinski definition) is 3. The predicted molar refractivity (Wildman–Crippen MR) is 122 cm³/mol. The van der Waals surface area contributed by atoms with Crippen LogP contribution in [0.5, 0.6) is 5.75 Å². The van der Waals surface area contributed by atoms with Gasteiger partial charge in [0.15, 0.2) is 11.5 Å². The van der Waals surface area contributed by atoms with Gasteiger partial charge in [-0.25, -0.2) is 9.50 Å². The second-order valence-electron chi connectivity index (χ2n) is 8.33. The lowest BCUT2D eigenvalue weighted by atomic mass is 9.91. The van der Waals surface area contributed by atoms with E-state index in [1.165, 1.54) is 0 Å². The van der Waals surface area contributed by atoms with Crippen molar-refractivity contribution in [2.45, 2.75) is 64.5 Å². The van der Waals surface area contributed by atoms with Gasteiger partial charge < -0.3 is 21.1 Å². The van der Waals surface area contributed by atoms with Crippen molar-refractivity contribution in [1.29, 1.82) is 0 Å². The van der Waals surface area contributed by atoms with E-state index in [9.17, 15) is 0 Å². The Kier molecular flexibility index (Phi) is 6.08. The van der Waals surface area contributed by atoms with Crippen molar-refractivity contribution in [3.63, 3.8) is 0 Å². The van der Waals surface area contributed by atoms with Crippen LogP contribution in [0.2, 0.25) is 0 Å². The molecule has 7 heteroatoms. The van der Waals surface area contributed by atoms with Gasteiger partial charge in [-0.15, -0.1) is 5.10 Å². The number of benzene rings is 1. The molecule has 3 aromatic rings. The minimum Gasteiger partial charge on any atom is -0.494 e. The van der Waals surface area contributed by atoms with Crippen LogP contribution in [0.25, 0.3) is 5.65 Å². The van der Waals surface area contributed by atoms with Crippen molar-refractivity contribution in [1.82, 2.24) is 14.6 Å². The topological polar surface area (TPSA) is 89.5 Å². The number of nitrogens with two attached hydrogens (primary N) is 1. The number of hydrogen-bond acceptors (Lipinski definition) is 6. The van der Waals surface area contributed by atoms with Crippen LogP contribution in [-0.4, -0.2) is 33.3 Å². The molecule has 0 bridgehead atoms. The number of fused-ring (bicyclic) bond motifs is 1. The molecule has 2 aromatic heterocycles. The third kappa shape index (κ3) is 4.36. The Balaban J connectivity index is 1.73. The highest BCUT2D eigenvalue weighted by Gasteiger charge is 2.24. The van der Waals surface area contributed by atoms with E-state index in [0.29, 0.717) is 18.7 Å². The number of rotatable bonds is 7. The van der Waals surface area contributed by atoms with Gasteiger partial charge in [0.25, 0.3) is 0 Å². The van der Waals surface area contributed by atoms with Gasteiger partial charge in [-0.1, -0.05) is 19.9 Å². The summed E-state index contributed by atoms with van der Waals surface area (Å²) in [5.41, 5.74) is 10.0. The third-order valence-electron chi connectivity index (χ3n) is 5.68. The van der Waals surface area contributed by atoms with Gasteiger partial charge in [0, 0.05) is 41.8 Å². The van der Waals surface area contributed by atoms with Crippen LogP contribution in [0.3, 0.4) is 0 Å². The van der Waals surface area contributed by atoms with E-state index in [4.69, 9.17) is 15.6 Å². The molecule has 4 rings (SSSR count). The summed E-state index contributed by atoms with van der Waals surface area (Å²) in [5, 5.41) is 12.2. The van der Waals surface area contributed by atoms with Gasteiger partial charge in [-0.05, 0) is 50.7 Å². The second-order valence-corrected chi connectivity index (χ2v) is 8.33. The molecule has 1 aliphatic rings. The quantitative estimate of drug-likeness (QED) is 0.526. The summed E-state index contributed by atoms with van der Waals surface area (Å²) >= 11 is 0. The molecular formula is C23H32N6O. The zero-order valence-corrected chi connectivity index (χ0v) is 18.1. The van der Waals surface area contributed by atoms with Crippen molar-refractivity contribution < 1.29 is 4.74 Å². The molecule has 0 radical (unpaired) electrons. The third-order valence-corrected chi connectivity index (χ3v) is 5.68. The maximum atomic E-state index is 6.10. The minimum atomic E-state index is 0.269. The van der Waals surface area contributed by atoms with Crippen molar-refractivity contribution in [2.75, 3.05) is 17.2 Å². The molecule has 0 atom stereocenters. The number of nitrogens with one attached hydrogen (secondary N) is 2. The largest absolute Gasteiger partial charge is 0.494 e. The maximum Gasteiger partial charge on any atom is 0.177 e. The minimum absolute atomic E-state index is 0.269. The van der Waals surface area contributed by atoms with Gasteiger partial charge in [0.2, 0.25) is 0 Å². The molecule has 7 nitrogen and oxygen atoms in total. The lowest BCUT2D eigenvalue weighted by molar-refractivity contribution is 0.340. The Hall–Kier alpha value is -2.80. The molecule has 30 heavy (non-hydrogen) atoms. The summed E-state index contributed by atoms with van der Waals surface area (Å²) in [5.74, 6) is 2.03. The number of imidazole rings is 1. The van der Waals surface area contributed by atoms with E-state index in [2.05, 4.69) is 29.5 Å². The van der Waals surface area contributed by atoms with Crippen molar-refractivity contribution in [2.24, 2.45) is 5.73 Å². The molecule has 1 aromatic carbocycles. The Bertz CT molecular complexity index is 991. The highest BCUT2D eigenvalue weighted by Crippen LogP contribution is 2.36. The first-order chi connectivity index (χ1) is 14.5. The fourth-order valence-electron chi connectivity index (χ4n) is 4.18. The van der Waals surface area contributed by atoms with Crippen LogP contribution in [0, 0.1) is 0 Å². The number of aromatic nitrogens is 3. The van der Waals surface area contributed by atoms with Crippen LogP contribution < -0.4 is 21.1 Å². The number of nitrogens with zero attached hydrogens (tertiary/aromatic N) is 3. The molecular weight excluding hydrogens is 376 g/mol. The summed E-state index contributed by atoms with van der Waals surface area (Å²) in [6, 6.07) is 8.75. The van der Waals surface area contributed by atoms with Crippen molar-refractivity contribution in [3.8, 4) is 5.75 Å². The SMILES string of the molecule is CCOc1cccc(Nc2c(C(C)C)c(NC3CCC(N)CC3)nn3ccnc23)c1. The lowest BCUT2D eigenvalue weighted by Gasteiger charge is -2.29. The van der Waals surface area contributed by atoms with Gasteiger partial charge in [-0.3, -0.25) is 0 Å². The molecule has 4 N–H and O–H groups in total. The first-order valence-corrected chi connectivity index (χ1v) is 10.9. The highest BCUT2D eigenvalue weighted by molar-refractivity contribution is 5.81. The molecule has 0 saturated heterocycles. The van der Waals surface area contributed by atoms with Crippen LogP contribution in [0.15, 0.2) is 36.7 Å². The van der Waals surface area contributed by atoms with Gasteiger partial charge >= 0.3 is 0 Å². The first kappa shape index (κ1) is 20.5. The van der Waals surface area contributed by atoms with Gasteiger partial charge in [0.05, 0.1) is 12.3 Å². The molecule has 160 valence electrons. The van der Waals surface area contributed by atoms with E-state index >= 15 is 0 Å². The molecule has 2 heterocycles. The zero-order valence-electron chi connectivity index (χ0n) is 18.1. The first-order valence-electron chi connectivity index (χ1n) is 10.9. The Morgan fingerprint density at radius 3 is 2.77 bits per heavy atom. The van der Waals surface area contributed by atoms with Gasteiger partial charge in [-0.2, -0.15) is 0 Å². The summed E-state index contributed by atoms with van der Waals surface area (Å²) in [7, 11) is 0. The molecule has 1 saturated carbocycles. The standard InChI is InChI=1S/C23H32N6O/c1-4-30-19-7-5-6-18(14-19)26-21-20(15(2)3)22(28-29-13-12-25-23(21)29)27-17-10-8-16(24)9-11-17/h5-7,12-17,26H,4,8-11,24H2,1-3H3,(H,27,28). The fraction of sp³-hybridized carbons (Fsp3) is 0.478. The van der Waals surface area contributed by atoms with E-state index in [-0.39, 0.29) is 5.92 Å². The van der Waals surface area contributed by atoms with Crippen molar-refractivity contribution >= 4 is 22.8 Å². The highest BCUT2D eigenvalue weighted by atomic mass is 16.5. The number of anilines is 3. The Morgan fingerprint density at radius 2 is 2.03 bits per heavy atom. The van der Waals surface area contributed by atoms with Crippen LogP contribution in [-0.2, 0) is 0 Å². The zero-order chi connectivity index (χ0) is 21.1. The molecule has 0 unspecified atom stereocenters. The van der Waals surface area contributed by atoms with Crippen LogP contribution in [0.4, 0.5) is 17.2 Å². The fourth-order valence-corrected chi connectivity index (χ4v) is 4.18. The van der Waals surface area contributed by atoms with Crippen molar-refractivity contribution in [3.05, 3.63) is 42.2 Å². The lowest BCUT2D eigenvalue weighted by Crippen LogP contribution is -2.33. The Morgan fingerprint density at radius 1 is 1.23 bits per heavy atom. The van der Waals surface area contributed by atoms with Gasteiger partial charge in [0.1, 0.15) is 5.75 Å². The molecule has 1 fully saturated rings. The average Bonchev–Trinajstić information content (AvgIpc) is 3.19. The smallest absolute Gasteiger partial charge is 0.177 e. The summed E-state index contributed by atoms with van der Waals surface area (Å²) in [6.07, 6.45) is 7.93. The normalized spacial score (nSPS) is 19.2.